The highest BCUT2D eigenvalue weighted by Crippen LogP contribution is 2.31. The maximum Gasteiger partial charge on any atom is 0.255 e. The topological polar surface area (TPSA) is 57.9 Å². The number of para-hydroxylation sites is 1. The minimum atomic E-state index is 0.0585. The molecule has 3 aromatic carbocycles. The molecule has 0 radical (unpaired) electrons. The molecule has 5 heteroatoms. The van der Waals surface area contributed by atoms with Crippen LogP contribution in [0.15, 0.2) is 72.8 Å². The molecule has 5 rings (SSSR count). The van der Waals surface area contributed by atoms with Crippen molar-refractivity contribution in [1.82, 2.24) is 9.88 Å². The molecule has 31 heavy (non-hydrogen) atoms. The summed E-state index contributed by atoms with van der Waals surface area (Å²) in [5, 5.41) is 12.4. The van der Waals surface area contributed by atoms with E-state index in [2.05, 4.69) is 24.3 Å². The Kier molecular flexibility index (Phi) is 5.37. The number of rotatable bonds is 4. The summed E-state index contributed by atoms with van der Waals surface area (Å²) >= 11 is 0. The van der Waals surface area contributed by atoms with E-state index in [0.29, 0.717) is 18.7 Å². The summed E-state index contributed by atoms with van der Waals surface area (Å²) in [7, 11) is 0. The molecule has 156 valence electrons. The number of nitrogens with zero attached hydrogens (tertiary/aromatic N) is 2. The number of carbonyl (C=O) groups excluding carboxylic acids is 1. The predicted molar refractivity (Wildman–Crippen MR) is 123 cm³/mol. The maximum absolute atomic E-state index is 13.6. The molecule has 1 aromatic heterocycles. The number of hydrogen-bond donors (Lipinski definition) is 2. The number of carbonyl (C=O) groups is 1. The van der Waals surface area contributed by atoms with E-state index in [1.807, 2.05) is 53.4 Å². The van der Waals surface area contributed by atoms with Crippen molar-refractivity contribution in [3.8, 4) is 11.3 Å². The molecule has 0 aliphatic carbocycles. The SMILES string of the molecule is O=C(c1cc(-c2cccc3ccccc23)nc2ccccc12)N1CC[NH+](CCO)CC1. The lowest BCUT2D eigenvalue weighted by Crippen LogP contribution is -3.15. The first-order valence-corrected chi connectivity index (χ1v) is 10.9. The van der Waals surface area contributed by atoms with Crippen molar-refractivity contribution >= 4 is 27.6 Å². The summed E-state index contributed by atoms with van der Waals surface area (Å²) in [6.45, 7) is 4.07. The number of fused-ring (bicyclic) bond motifs is 2. The number of aromatic nitrogens is 1. The highest BCUT2D eigenvalue weighted by molar-refractivity contribution is 6.08. The molecule has 1 aliphatic heterocycles. The van der Waals surface area contributed by atoms with Crippen LogP contribution in [0.2, 0.25) is 0 Å². The zero-order valence-electron chi connectivity index (χ0n) is 17.4. The van der Waals surface area contributed by atoms with Crippen molar-refractivity contribution in [2.45, 2.75) is 0 Å². The number of piperazine rings is 1. The van der Waals surface area contributed by atoms with E-state index >= 15 is 0 Å². The molecular weight excluding hydrogens is 386 g/mol. The van der Waals surface area contributed by atoms with Crippen molar-refractivity contribution in [2.75, 3.05) is 39.3 Å². The number of pyridine rings is 1. The lowest BCUT2D eigenvalue weighted by molar-refractivity contribution is -0.904. The van der Waals surface area contributed by atoms with Gasteiger partial charge in [0.25, 0.3) is 5.91 Å². The predicted octanol–water partition coefficient (Wildman–Crippen LogP) is 2.39. The average Bonchev–Trinajstić information content (AvgIpc) is 2.83. The standard InChI is InChI=1S/C26H25N3O2/c30-17-16-28-12-14-29(15-13-28)26(31)23-18-25(27-24-11-4-3-9-22(23)24)21-10-5-7-19-6-1-2-8-20(19)21/h1-11,18,30H,12-17H2/p+1. The van der Waals surface area contributed by atoms with Crippen LogP contribution in [-0.2, 0) is 0 Å². The zero-order valence-corrected chi connectivity index (χ0v) is 17.4. The van der Waals surface area contributed by atoms with Gasteiger partial charge in [0.2, 0.25) is 0 Å². The van der Waals surface area contributed by atoms with E-state index in [1.165, 1.54) is 4.90 Å². The third kappa shape index (κ3) is 3.78. The molecule has 5 nitrogen and oxygen atoms in total. The molecule has 0 bridgehead atoms. The van der Waals surface area contributed by atoms with Gasteiger partial charge in [0.15, 0.2) is 0 Å². The summed E-state index contributed by atoms with van der Waals surface area (Å²) in [5.41, 5.74) is 3.40. The number of nitrogens with one attached hydrogen (secondary N) is 1. The first-order valence-electron chi connectivity index (χ1n) is 10.9. The van der Waals surface area contributed by atoms with Gasteiger partial charge in [-0.05, 0) is 22.9 Å². The second-order valence-corrected chi connectivity index (χ2v) is 8.11. The van der Waals surface area contributed by atoms with Crippen LogP contribution in [0.4, 0.5) is 0 Å². The van der Waals surface area contributed by atoms with E-state index in [0.717, 1.165) is 52.6 Å². The van der Waals surface area contributed by atoms with E-state index in [9.17, 15) is 9.90 Å². The van der Waals surface area contributed by atoms with Gasteiger partial charge in [-0.15, -0.1) is 0 Å². The van der Waals surface area contributed by atoms with Crippen molar-refractivity contribution in [3.05, 3.63) is 78.4 Å². The molecule has 0 saturated carbocycles. The molecule has 1 aliphatic rings. The number of hydrogen-bond acceptors (Lipinski definition) is 3. The maximum atomic E-state index is 13.6. The van der Waals surface area contributed by atoms with Crippen LogP contribution in [0, 0.1) is 0 Å². The molecule has 0 unspecified atom stereocenters. The van der Waals surface area contributed by atoms with Crippen LogP contribution < -0.4 is 4.90 Å². The Morgan fingerprint density at radius 1 is 0.935 bits per heavy atom. The fraction of sp³-hybridized carbons (Fsp3) is 0.231. The van der Waals surface area contributed by atoms with E-state index in [1.54, 1.807) is 0 Å². The summed E-state index contributed by atoms with van der Waals surface area (Å²) in [5.74, 6) is 0.0585. The van der Waals surface area contributed by atoms with Crippen LogP contribution in [0.25, 0.3) is 32.9 Å². The molecule has 4 aromatic rings. The summed E-state index contributed by atoms with van der Waals surface area (Å²) in [4.78, 5) is 21.8. The molecule has 1 amide bonds. The number of benzene rings is 3. The fourth-order valence-electron chi connectivity index (χ4n) is 4.54. The third-order valence-electron chi connectivity index (χ3n) is 6.24. The van der Waals surface area contributed by atoms with Crippen LogP contribution in [-0.4, -0.2) is 60.2 Å². The summed E-state index contributed by atoms with van der Waals surface area (Å²) < 4.78 is 0. The number of amides is 1. The highest BCUT2D eigenvalue weighted by Gasteiger charge is 2.26. The lowest BCUT2D eigenvalue weighted by atomic mass is 9.98. The molecule has 0 atom stereocenters. The number of aliphatic hydroxyl groups is 1. The molecule has 1 fully saturated rings. The largest absolute Gasteiger partial charge is 0.391 e. The zero-order chi connectivity index (χ0) is 21.2. The quantitative estimate of drug-likeness (QED) is 0.541. The Morgan fingerprint density at radius 2 is 1.65 bits per heavy atom. The second-order valence-electron chi connectivity index (χ2n) is 8.11. The minimum Gasteiger partial charge on any atom is -0.391 e. The normalized spacial score (nSPS) is 14.9. The van der Waals surface area contributed by atoms with Gasteiger partial charge in [-0.1, -0.05) is 60.7 Å². The third-order valence-corrected chi connectivity index (χ3v) is 6.24. The Morgan fingerprint density at radius 3 is 2.45 bits per heavy atom. The van der Waals surface area contributed by atoms with Crippen molar-refractivity contribution in [1.29, 1.82) is 0 Å². The summed E-state index contributed by atoms with van der Waals surface area (Å²) in [6, 6.07) is 24.3. The smallest absolute Gasteiger partial charge is 0.255 e. The summed E-state index contributed by atoms with van der Waals surface area (Å²) in [6.07, 6.45) is 0. The van der Waals surface area contributed by atoms with E-state index in [4.69, 9.17) is 4.98 Å². The fourth-order valence-corrected chi connectivity index (χ4v) is 4.54. The van der Waals surface area contributed by atoms with Gasteiger partial charge in [0.05, 0.1) is 49.6 Å². The Hall–Kier alpha value is -3.28. The first kappa shape index (κ1) is 19.7. The van der Waals surface area contributed by atoms with Gasteiger partial charge >= 0.3 is 0 Å². The van der Waals surface area contributed by atoms with Gasteiger partial charge in [0, 0.05) is 10.9 Å². The number of aliphatic hydroxyl groups excluding tert-OH is 1. The molecular formula is C26H26N3O2+. The monoisotopic (exact) mass is 412 g/mol. The minimum absolute atomic E-state index is 0.0585. The average molecular weight is 413 g/mol. The second kappa shape index (κ2) is 8.46. The van der Waals surface area contributed by atoms with Crippen molar-refractivity contribution < 1.29 is 14.8 Å². The molecule has 0 spiro atoms. The Bertz CT molecular complexity index is 1240. The van der Waals surface area contributed by atoms with Gasteiger partial charge in [-0.2, -0.15) is 0 Å². The van der Waals surface area contributed by atoms with Crippen LogP contribution >= 0.6 is 0 Å². The van der Waals surface area contributed by atoms with E-state index < -0.39 is 0 Å². The van der Waals surface area contributed by atoms with Crippen LogP contribution in [0.1, 0.15) is 10.4 Å². The van der Waals surface area contributed by atoms with Crippen LogP contribution in [0.3, 0.4) is 0 Å². The van der Waals surface area contributed by atoms with Gasteiger partial charge < -0.3 is 14.9 Å². The first-order chi connectivity index (χ1) is 15.2. The van der Waals surface area contributed by atoms with Crippen molar-refractivity contribution in [3.63, 3.8) is 0 Å². The molecule has 2 heterocycles. The molecule has 2 N–H and O–H groups in total. The Balaban J connectivity index is 1.58. The van der Waals surface area contributed by atoms with Gasteiger partial charge in [-0.3, -0.25) is 4.79 Å². The molecule has 1 saturated heterocycles. The lowest BCUT2D eigenvalue weighted by Gasteiger charge is -2.32. The highest BCUT2D eigenvalue weighted by atomic mass is 16.3. The number of quaternary nitrogens is 1. The van der Waals surface area contributed by atoms with E-state index in [-0.39, 0.29) is 12.5 Å². The van der Waals surface area contributed by atoms with Crippen molar-refractivity contribution in [2.24, 2.45) is 0 Å². The van der Waals surface area contributed by atoms with Crippen LogP contribution in [0.5, 0.6) is 0 Å². The Labute approximate surface area is 181 Å². The van der Waals surface area contributed by atoms with Gasteiger partial charge in [-0.25, -0.2) is 4.98 Å². The van der Waals surface area contributed by atoms with Gasteiger partial charge in [0.1, 0.15) is 6.54 Å².